The number of hydrogen-bond donors (Lipinski definition) is 1. The van der Waals surface area contributed by atoms with Gasteiger partial charge in [0.2, 0.25) is 11.7 Å². The van der Waals surface area contributed by atoms with Crippen molar-refractivity contribution >= 4 is 5.91 Å². The Bertz CT molecular complexity index is 981. The van der Waals surface area contributed by atoms with Gasteiger partial charge in [-0.05, 0) is 44.0 Å². The number of benzene rings is 1. The minimum absolute atomic E-state index is 0.123. The molecule has 6 nitrogen and oxygen atoms in total. The maximum atomic E-state index is 13.3. The molecule has 1 aliphatic carbocycles. The predicted octanol–water partition coefficient (Wildman–Crippen LogP) is 3.78. The molecule has 0 radical (unpaired) electrons. The molecule has 3 aromatic rings. The zero-order chi connectivity index (χ0) is 19.0. The van der Waals surface area contributed by atoms with Crippen LogP contribution in [0.15, 0.2) is 41.1 Å². The molecular formula is C19H16F2N4O2. The lowest BCUT2D eigenvalue weighted by atomic mass is 10.1. The first kappa shape index (κ1) is 17.3. The Kier molecular flexibility index (Phi) is 4.39. The topological polar surface area (TPSA) is 80.9 Å². The molecule has 0 aliphatic heterocycles. The molecule has 0 saturated heterocycles. The quantitative estimate of drug-likeness (QED) is 0.739. The number of nitrogens with zero attached hydrogens (tertiary/aromatic N) is 3. The van der Waals surface area contributed by atoms with E-state index in [-0.39, 0.29) is 11.5 Å². The number of carbonyl (C=O) groups is 1. The van der Waals surface area contributed by atoms with Crippen LogP contribution in [0, 0.1) is 11.6 Å². The second-order valence-corrected chi connectivity index (χ2v) is 6.55. The van der Waals surface area contributed by atoms with E-state index in [2.05, 4.69) is 20.4 Å². The van der Waals surface area contributed by atoms with Gasteiger partial charge >= 0.3 is 0 Å². The molecule has 0 spiro atoms. The summed E-state index contributed by atoms with van der Waals surface area (Å²) in [6.45, 7) is 1.65. The molecule has 1 aliphatic rings. The third kappa shape index (κ3) is 3.84. The van der Waals surface area contributed by atoms with Crippen molar-refractivity contribution in [3.63, 3.8) is 0 Å². The Morgan fingerprint density at radius 1 is 1.22 bits per heavy atom. The van der Waals surface area contributed by atoms with E-state index in [0.29, 0.717) is 17.8 Å². The molecule has 2 heterocycles. The fraction of sp³-hybridized carbons (Fsp3) is 0.263. The van der Waals surface area contributed by atoms with Crippen molar-refractivity contribution in [2.45, 2.75) is 31.7 Å². The van der Waals surface area contributed by atoms with Crippen molar-refractivity contribution in [1.82, 2.24) is 20.4 Å². The number of amides is 1. The van der Waals surface area contributed by atoms with Gasteiger partial charge in [0.25, 0.3) is 5.91 Å². The Hall–Kier alpha value is -3.16. The zero-order valence-corrected chi connectivity index (χ0v) is 14.4. The Labute approximate surface area is 153 Å². The van der Waals surface area contributed by atoms with Crippen LogP contribution < -0.4 is 5.32 Å². The first-order chi connectivity index (χ1) is 13.0. The number of nitrogens with one attached hydrogen (secondary N) is 1. The maximum absolute atomic E-state index is 13.3. The van der Waals surface area contributed by atoms with Crippen LogP contribution in [-0.2, 0) is 0 Å². The van der Waals surface area contributed by atoms with Crippen molar-refractivity contribution in [3.05, 3.63) is 65.3 Å². The molecule has 138 valence electrons. The van der Waals surface area contributed by atoms with Gasteiger partial charge in [0.1, 0.15) is 17.7 Å². The van der Waals surface area contributed by atoms with Crippen molar-refractivity contribution < 1.29 is 18.1 Å². The van der Waals surface area contributed by atoms with Crippen molar-refractivity contribution in [1.29, 1.82) is 0 Å². The van der Waals surface area contributed by atoms with Crippen LogP contribution in [0.1, 0.15) is 53.7 Å². The van der Waals surface area contributed by atoms with E-state index in [1.54, 1.807) is 19.2 Å². The second kappa shape index (κ2) is 6.86. The lowest BCUT2D eigenvalue weighted by Crippen LogP contribution is -2.27. The van der Waals surface area contributed by atoms with Gasteiger partial charge in [-0.15, -0.1) is 0 Å². The Morgan fingerprint density at radius 2 is 1.96 bits per heavy atom. The fourth-order valence-corrected chi connectivity index (χ4v) is 2.74. The van der Waals surface area contributed by atoms with E-state index in [1.807, 2.05) is 6.07 Å². The molecular weight excluding hydrogens is 354 g/mol. The summed E-state index contributed by atoms with van der Waals surface area (Å²) >= 11 is 0. The number of pyridine rings is 1. The fourth-order valence-electron chi connectivity index (χ4n) is 2.74. The SMILES string of the molecule is CC(NC(=O)c1cc(F)cc(F)c1)c1nc(-c2ccnc(C3CC3)c2)no1. The van der Waals surface area contributed by atoms with Gasteiger partial charge in [-0.25, -0.2) is 8.78 Å². The highest BCUT2D eigenvalue weighted by molar-refractivity contribution is 5.94. The summed E-state index contributed by atoms with van der Waals surface area (Å²) in [5.74, 6) is -1.19. The van der Waals surface area contributed by atoms with E-state index in [9.17, 15) is 13.6 Å². The third-order valence-corrected chi connectivity index (χ3v) is 4.32. The zero-order valence-electron chi connectivity index (χ0n) is 14.4. The summed E-state index contributed by atoms with van der Waals surface area (Å²) in [7, 11) is 0. The standard InChI is InChI=1S/C19H16F2N4O2/c1-10(23-18(26)13-6-14(20)9-15(21)7-13)19-24-17(25-27-19)12-4-5-22-16(8-12)11-2-3-11/h4-11H,2-3H2,1H3,(H,23,26). The molecule has 1 amide bonds. The lowest BCUT2D eigenvalue weighted by Gasteiger charge is -2.09. The van der Waals surface area contributed by atoms with Crippen LogP contribution in [0.4, 0.5) is 8.78 Å². The highest BCUT2D eigenvalue weighted by atomic mass is 19.1. The molecule has 8 heteroatoms. The average molecular weight is 370 g/mol. The smallest absolute Gasteiger partial charge is 0.252 e. The maximum Gasteiger partial charge on any atom is 0.252 e. The van der Waals surface area contributed by atoms with Gasteiger partial charge in [0.05, 0.1) is 0 Å². The van der Waals surface area contributed by atoms with Crippen LogP contribution in [0.2, 0.25) is 0 Å². The number of halogens is 2. The summed E-state index contributed by atoms with van der Waals surface area (Å²) in [4.78, 5) is 20.9. The van der Waals surface area contributed by atoms with Gasteiger partial charge in [0.15, 0.2) is 0 Å². The van der Waals surface area contributed by atoms with E-state index < -0.39 is 23.6 Å². The van der Waals surface area contributed by atoms with Crippen LogP contribution in [-0.4, -0.2) is 21.0 Å². The highest BCUT2D eigenvalue weighted by Crippen LogP contribution is 2.39. The molecule has 1 saturated carbocycles. The Morgan fingerprint density at radius 3 is 2.67 bits per heavy atom. The molecule has 1 N–H and O–H groups in total. The normalized spacial score (nSPS) is 14.8. The average Bonchev–Trinajstić information content (AvgIpc) is 3.37. The molecule has 1 unspecified atom stereocenters. The van der Waals surface area contributed by atoms with Gasteiger partial charge in [-0.3, -0.25) is 9.78 Å². The summed E-state index contributed by atoms with van der Waals surface area (Å²) in [6.07, 6.45) is 3.98. The molecule has 1 fully saturated rings. The van der Waals surface area contributed by atoms with E-state index in [0.717, 1.165) is 36.2 Å². The summed E-state index contributed by atoms with van der Waals surface area (Å²) in [5.41, 5.74) is 1.67. The van der Waals surface area contributed by atoms with Crippen LogP contribution in [0.5, 0.6) is 0 Å². The van der Waals surface area contributed by atoms with Gasteiger partial charge < -0.3 is 9.84 Å². The van der Waals surface area contributed by atoms with Crippen LogP contribution in [0.25, 0.3) is 11.4 Å². The predicted molar refractivity (Wildman–Crippen MR) is 91.7 cm³/mol. The molecule has 0 bridgehead atoms. The van der Waals surface area contributed by atoms with Gasteiger partial charge in [-0.1, -0.05) is 5.16 Å². The van der Waals surface area contributed by atoms with Gasteiger partial charge in [0, 0.05) is 35.0 Å². The monoisotopic (exact) mass is 370 g/mol. The first-order valence-corrected chi connectivity index (χ1v) is 8.56. The molecule has 2 aromatic heterocycles. The number of carbonyl (C=O) groups excluding carboxylic acids is 1. The number of aromatic nitrogens is 3. The van der Waals surface area contributed by atoms with E-state index in [4.69, 9.17) is 4.52 Å². The summed E-state index contributed by atoms with van der Waals surface area (Å²) in [6, 6.07) is 5.72. The van der Waals surface area contributed by atoms with Gasteiger partial charge in [-0.2, -0.15) is 4.98 Å². The minimum Gasteiger partial charge on any atom is -0.341 e. The number of hydrogen-bond acceptors (Lipinski definition) is 5. The number of rotatable bonds is 5. The Balaban J connectivity index is 1.49. The van der Waals surface area contributed by atoms with Crippen LogP contribution in [0.3, 0.4) is 0 Å². The summed E-state index contributed by atoms with van der Waals surface area (Å²) in [5, 5.41) is 6.54. The van der Waals surface area contributed by atoms with E-state index >= 15 is 0 Å². The molecule has 1 aromatic carbocycles. The van der Waals surface area contributed by atoms with Crippen molar-refractivity contribution in [2.24, 2.45) is 0 Å². The van der Waals surface area contributed by atoms with Crippen LogP contribution >= 0.6 is 0 Å². The van der Waals surface area contributed by atoms with Crippen molar-refractivity contribution in [3.8, 4) is 11.4 Å². The minimum atomic E-state index is -0.822. The second-order valence-electron chi connectivity index (χ2n) is 6.55. The molecule has 1 atom stereocenters. The summed E-state index contributed by atoms with van der Waals surface area (Å²) < 4.78 is 31.8. The lowest BCUT2D eigenvalue weighted by molar-refractivity contribution is 0.0931. The highest BCUT2D eigenvalue weighted by Gasteiger charge is 2.26. The third-order valence-electron chi connectivity index (χ3n) is 4.32. The van der Waals surface area contributed by atoms with E-state index in [1.165, 1.54) is 0 Å². The first-order valence-electron chi connectivity index (χ1n) is 8.56. The molecule has 27 heavy (non-hydrogen) atoms. The largest absolute Gasteiger partial charge is 0.341 e. The molecule has 4 rings (SSSR count). The van der Waals surface area contributed by atoms with Crippen molar-refractivity contribution in [2.75, 3.05) is 0 Å².